The molecule has 1 atom stereocenters. The standard InChI is InChI=1S/C25H29ClN4O/c1-3-7-24-23(16-27-30(24)21-12-10-20(26)11-13-21)25(31)28(2)22-14-15-29(18-22)17-19-8-5-4-6-9-19/h4-6,8-13,16,22H,3,7,14-15,17-18H2,1-2H3. The Morgan fingerprint density at radius 1 is 1.16 bits per heavy atom. The lowest BCUT2D eigenvalue weighted by atomic mass is 10.1. The van der Waals surface area contributed by atoms with Crippen LogP contribution in [0.4, 0.5) is 0 Å². The number of benzene rings is 2. The van der Waals surface area contributed by atoms with Crippen molar-refractivity contribution in [3.63, 3.8) is 0 Å². The number of carbonyl (C=O) groups excluding carboxylic acids is 1. The Kier molecular flexibility index (Phi) is 6.73. The third-order valence-corrected chi connectivity index (χ3v) is 6.27. The first-order valence-electron chi connectivity index (χ1n) is 10.9. The summed E-state index contributed by atoms with van der Waals surface area (Å²) in [7, 11) is 1.92. The van der Waals surface area contributed by atoms with Crippen LogP contribution in [-0.2, 0) is 13.0 Å². The summed E-state index contributed by atoms with van der Waals surface area (Å²) in [4.78, 5) is 17.8. The maximum absolute atomic E-state index is 13.4. The maximum atomic E-state index is 13.4. The molecule has 2 heterocycles. The van der Waals surface area contributed by atoms with Crippen LogP contribution < -0.4 is 0 Å². The summed E-state index contributed by atoms with van der Waals surface area (Å²) in [6.45, 7) is 4.94. The lowest BCUT2D eigenvalue weighted by molar-refractivity contribution is 0.0733. The van der Waals surface area contributed by atoms with E-state index in [0.29, 0.717) is 10.6 Å². The molecule has 1 unspecified atom stereocenters. The normalized spacial score (nSPS) is 16.5. The van der Waals surface area contributed by atoms with Crippen molar-refractivity contribution in [3.05, 3.63) is 82.6 Å². The molecule has 0 bridgehead atoms. The summed E-state index contributed by atoms with van der Waals surface area (Å²) in [6, 6.07) is 18.3. The molecule has 6 heteroatoms. The van der Waals surface area contributed by atoms with Crippen molar-refractivity contribution in [3.8, 4) is 5.69 Å². The number of carbonyl (C=O) groups is 1. The Hall–Kier alpha value is -2.63. The van der Waals surface area contributed by atoms with Gasteiger partial charge in [-0.3, -0.25) is 9.69 Å². The van der Waals surface area contributed by atoms with Crippen LogP contribution in [0.2, 0.25) is 5.02 Å². The lowest BCUT2D eigenvalue weighted by Gasteiger charge is -2.25. The number of amides is 1. The van der Waals surface area contributed by atoms with Crippen LogP contribution in [-0.4, -0.2) is 51.7 Å². The SMILES string of the molecule is CCCc1c(C(=O)N(C)C2CCN(Cc3ccccc3)C2)cnn1-c1ccc(Cl)cc1. The highest BCUT2D eigenvalue weighted by molar-refractivity contribution is 6.30. The lowest BCUT2D eigenvalue weighted by Crippen LogP contribution is -2.39. The number of likely N-dealkylation sites (tertiary alicyclic amines) is 1. The summed E-state index contributed by atoms with van der Waals surface area (Å²) >= 11 is 6.04. The van der Waals surface area contributed by atoms with Crippen molar-refractivity contribution >= 4 is 17.5 Å². The minimum Gasteiger partial charge on any atom is -0.337 e. The van der Waals surface area contributed by atoms with E-state index in [1.165, 1.54) is 5.56 Å². The van der Waals surface area contributed by atoms with E-state index >= 15 is 0 Å². The van der Waals surface area contributed by atoms with Crippen LogP contribution in [0.1, 0.15) is 41.4 Å². The van der Waals surface area contributed by atoms with E-state index in [1.807, 2.05) is 47.0 Å². The quantitative estimate of drug-likeness (QED) is 0.533. The first kappa shape index (κ1) is 21.6. The minimum atomic E-state index is 0.0511. The first-order valence-corrected chi connectivity index (χ1v) is 11.3. The number of halogens is 1. The second-order valence-electron chi connectivity index (χ2n) is 8.22. The summed E-state index contributed by atoms with van der Waals surface area (Å²) in [5, 5.41) is 5.24. The van der Waals surface area contributed by atoms with Crippen molar-refractivity contribution in [1.29, 1.82) is 0 Å². The van der Waals surface area contributed by atoms with E-state index in [9.17, 15) is 4.79 Å². The van der Waals surface area contributed by atoms with E-state index in [-0.39, 0.29) is 11.9 Å². The zero-order chi connectivity index (χ0) is 21.8. The maximum Gasteiger partial charge on any atom is 0.257 e. The van der Waals surface area contributed by atoms with Gasteiger partial charge in [0.15, 0.2) is 0 Å². The molecule has 162 valence electrons. The van der Waals surface area contributed by atoms with Crippen LogP contribution in [0.25, 0.3) is 5.69 Å². The molecule has 3 aromatic rings. The second kappa shape index (κ2) is 9.67. The van der Waals surface area contributed by atoms with Crippen molar-refractivity contribution in [2.24, 2.45) is 0 Å². The second-order valence-corrected chi connectivity index (χ2v) is 8.66. The highest BCUT2D eigenvalue weighted by atomic mass is 35.5. The van der Waals surface area contributed by atoms with E-state index in [2.05, 4.69) is 41.2 Å². The number of hydrogen-bond acceptors (Lipinski definition) is 3. The molecule has 1 aliphatic rings. The molecule has 1 fully saturated rings. The molecule has 0 N–H and O–H groups in total. The molecule has 31 heavy (non-hydrogen) atoms. The molecule has 4 rings (SSSR count). The molecule has 1 amide bonds. The van der Waals surface area contributed by atoms with Gasteiger partial charge in [0, 0.05) is 37.7 Å². The zero-order valence-corrected chi connectivity index (χ0v) is 18.9. The molecular weight excluding hydrogens is 408 g/mol. The predicted octanol–water partition coefficient (Wildman–Crippen LogP) is 4.82. The smallest absolute Gasteiger partial charge is 0.257 e. The molecule has 2 aromatic carbocycles. The topological polar surface area (TPSA) is 41.4 Å². The number of nitrogens with zero attached hydrogens (tertiary/aromatic N) is 4. The molecule has 0 saturated carbocycles. The van der Waals surface area contributed by atoms with Crippen molar-refractivity contribution in [2.75, 3.05) is 20.1 Å². The Labute approximate surface area is 189 Å². The van der Waals surface area contributed by atoms with Crippen LogP contribution in [0.15, 0.2) is 60.8 Å². The highest BCUT2D eigenvalue weighted by Gasteiger charge is 2.30. The molecule has 1 aliphatic heterocycles. The molecule has 0 aliphatic carbocycles. The van der Waals surface area contributed by atoms with Crippen molar-refractivity contribution < 1.29 is 4.79 Å². The van der Waals surface area contributed by atoms with Gasteiger partial charge in [-0.25, -0.2) is 4.68 Å². The number of hydrogen-bond donors (Lipinski definition) is 0. The van der Waals surface area contributed by atoms with Gasteiger partial charge in [-0.05, 0) is 42.7 Å². The molecule has 1 aromatic heterocycles. The number of rotatable bonds is 7. The molecule has 1 saturated heterocycles. The fraction of sp³-hybridized carbons (Fsp3) is 0.360. The van der Waals surface area contributed by atoms with Crippen molar-refractivity contribution in [1.82, 2.24) is 19.6 Å². The van der Waals surface area contributed by atoms with Gasteiger partial charge in [-0.2, -0.15) is 5.10 Å². The van der Waals surface area contributed by atoms with Crippen LogP contribution in [0.3, 0.4) is 0 Å². The first-order chi connectivity index (χ1) is 15.1. The molecule has 5 nitrogen and oxygen atoms in total. The third kappa shape index (κ3) is 4.83. The third-order valence-electron chi connectivity index (χ3n) is 6.02. The van der Waals surface area contributed by atoms with Gasteiger partial charge in [-0.1, -0.05) is 55.3 Å². The Morgan fingerprint density at radius 3 is 2.61 bits per heavy atom. The fourth-order valence-corrected chi connectivity index (χ4v) is 4.43. The average Bonchev–Trinajstić information content (AvgIpc) is 3.42. The van der Waals surface area contributed by atoms with E-state index in [0.717, 1.165) is 50.3 Å². The highest BCUT2D eigenvalue weighted by Crippen LogP contribution is 2.23. The Bertz CT molecular complexity index is 1020. The van der Waals surface area contributed by atoms with Gasteiger partial charge in [0.2, 0.25) is 0 Å². The molecular formula is C25H29ClN4O. The zero-order valence-electron chi connectivity index (χ0n) is 18.2. The predicted molar refractivity (Wildman–Crippen MR) is 125 cm³/mol. The average molecular weight is 437 g/mol. The number of aromatic nitrogens is 2. The molecule has 0 radical (unpaired) electrons. The summed E-state index contributed by atoms with van der Waals surface area (Å²) in [5.74, 6) is 0.0511. The van der Waals surface area contributed by atoms with Crippen LogP contribution in [0.5, 0.6) is 0 Å². The van der Waals surface area contributed by atoms with E-state index < -0.39 is 0 Å². The van der Waals surface area contributed by atoms with Crippen LogP contribution in [0, 0.1) is 0 Å². The van der Waals surface area contributed by atoms with Gasteiger partial charge in [0.25, 0.3) is 5.91 Å². The van der Waals surface area contributed by atoms with Gasteiger partial charge >= 0.3 is 0 Å². The van der Waals surface area contributed by atoms with Gasteiger partial charge in [0.05, 0.1) is 23.1 Å². The minimum absolute atomic E-state index is 0.0511. The monoisotopic (exact) mass is 436 g/mol. The number of likely N-dealkylation sites (N-methyl/N-ethyl adjacent to an activating group) is 1. The molecule has 0 spiro atoms. The Balaban J connectivity index is 1.49. The van der Waals surface area contributed by atoms with Gasteiger partial charge in [-0.15, -0.1) is 0 Å². The van der Waals surface area contributed by atoms with Gasteiger partial charge in [0.1, 0.15) is 0 Å². The Morgan fingerprint density at radius 2 is 1.90 bits per heavy atom. The van der Waals surface area contributed by atoms with Crippen molar-refractivity contribution in [2.45, 2.75) is 38.8 Å². The summed E-state index contributed by atoms with van der Waals surface area (Å²) in [6.07, 6.45) is 4.44. The van der Waals surface area contributed by atoms with Gasteiger partial charge < -0.3 is 4.90 Å². The summed E-state index contributed by atoms with van der Waals surface area (Å²) < 4.78 is 1.87. The largest absolute Gasteiger partial charge is 0.337 e. The summed E-state index contributed by atoms with van der Waals surface area (Å²) in [5.41, 5.74) is 3.89. The van der Waals surface area contributed by atoms with E-state index in [1.54, 1.807) is 6.20 Å². The fourth-order valence-electron chi connectivity index (χ4n) is 4.30. The van der Waals surface area contributed by atoms with Crippen LogP contribution >= 0.6 is 11.6 Å². The van der Waals surface area contributed by atoms with E-state index in [4.69, 9.17) is 11.6 Å².